The van der Waals surface area contributed by atoms with Gasteiger partial charge in [-0.3, -0.25) is 0 Å². The van der Waals surface area contributed by atoms with E-state index in [4.69, 9.17) is 9.47 Å². The van der Waals surface area contributed by atoms with Crippen molar-refractivity contribution in [3.63, 3.8) is 0 Å². The Hall–Kier alpha value is -1.35. The minimum absolute atomic E-state index is 0.274. The summed E-state index contributed by atoms with van der Waals surface area (Å²) >= 11 is 0. The van der Waals surface area contributed by atoms with Gasteiger partial charge in [0.1, 0.15) is 6.61 Å². The zero-order chi connectivity index (χ0) is 14.1. The summed E-state index contributed by atoms with van der Waals surface area (Å²) in [6, 6.07) is 7.43. The minimum atomic E-state index is -0.274. The van der Waals surface area contributed by atoms with Gasteiger partial charge in [0.2, 0.25) is 0 Å². The van der Waals surface area contributed by atoms with E-state index in [0.717, 1.165) is 18.6 Å². The summed E-state index contributed by atoms with van der Waals surface area (Å²) in [7, 11) is 0. The van der Waals surface area contributed by atoms with E-state index < -0.39 is 0 Å². The lowest BCUT2D eigenvalue weighted by Crippen LogP contribution is -2.12. The van der Waals surface area contributed by atoms with E-state index in [-0.39, 0.29) is 5.97 Å². The van der Waals surface area contributed by atoms with E-state index in [2.05, 4.69) is 13.8 Å². The van der Waals surface area contributed by atoms with Crippen LogP contribution in [0.1, 0.15) is 42.6 Å². The highest BCUT2D eigenvalue weighted by Crippen LogP contribution is 2.08. The van der Waals surface area contributed by atoms with E-state index in [1.165, 1.54) is 6.42 Å². The van der Waals surface area contributed by atoms with Crippen molar-refractivity contribution in [3.8, 4) is 0 Å². The van der Waals surface area contributed by atoms with Crippen LogP contribution in [-0.2, 0) is 9.47 Å². The maximum absolute atomic E-state index is 11.8. The van der Waals surface area contributed by atoms with Crippen LogP contribution in [-0.4, -0.2) is 25.8 Å². The van der Waals surface area contributed by atoms with Crippen molar-refractivity contribution in [1.29, 1.82) is 0 Å². The number of hydrogen-bond donors (Lipinski definition) is 0. The second-order valence-electron chi connectivity index (χ2n) is 5.10. The van der Waals surface area contributed by atoms with Crippen molar-refractivity contribution in [1.82, 2.24) is 0 Å². The fourth-order valence-corrected chi connectivity index (χ4v) is 1.77. The molecule has 0 spiro atoms. The molecule has 106 valence electrons. The Morgan fingerprint density at radius 3 is 2.58 bits per heavy atom. The van der Waals surface area contributed by atoms with Crippen LogP contribution in [0, 0.1) is 12.8 Å². The lowest BCUT2D eigenvalue weighted by atomic mass is 10.1. The number of benzene rings is 1. The molecule has 0 heterocycles. The van der Waals surface area contributed by atoms with E-state index >= 15 is 0 Å². The molecular formula is C16H24O3. The normalized spacial score (nSPS) is 10.7. The maximum atomic E-state index is 11.8. The molecule has 0 aromatic heterocycles. The van der Waals surface area contributed by atoms with Gasteiger partial charge in [-0.25, -0.2) is 4.79 Å². The Morgan fingerprint density at radius 2 is 1.89 bits per heavy atom. The van der Waals surface area contributed by atoms with Gasteiger partial charge in [0.15, 0.2) is 0 Å². The molecule has 3 heteroatoms. The molecule has 0 amide bonds. The molecule has 0 fully saturated rings. The molecule has 0 aliphatic heterocycles. The molecule has 0 radical (unpaired) electrons. The Bertz CT molecular complexity index is 385. The first-order valence-electron chi connectivity index (χ1n) is 6.91. The average Bonchev–Trinajstić information content (AvgIpc) is 2.37. The van der Waals surface area contributed by atoms with Crippen molar-refractivity contribution < 1.29 is 14.3 Å². The van der Waals surface area contributed by atoms with Crippen LogP contribution in [0.2, 0.25) is 0 Å². The molecule has 0 aliphatic rings. The molecule has 0 aliphatic carbocycles. The molecule has 1 aromatic carbocycles. The molecule has 0 atom stereocenters. The third-order valence-electron chi connectivity index (χ3n) is 2.90. The number of aryl methyl sites for hydroxylation is 1. The first kappa shape index (κ1) is 15.7. The van der Waals surface area contributed by atoms with E-state index in [9.17, 15) is 4.79 Å². The van der Waals surface area contributed by atoms with Crippen LogP contribution in [0.4, 0.5) is 0 Å². The molecular weight excluding hydrogens is 240 g/mol. The lowest BCUT2D eigenvalue weighted by molar-refractivity contribution is 0.0309. The van der Waals surface area contributed by atoms with Gasteiger partial charge in [-0.2, -0.15) is 0 Å². The summed E-state index contributed by atoms with van der Waals surface area (Å²) in [5, 5.41) is 0. The summed E-state index contributed by atoms with van der Waals surface area (Å²) in [4.78, 5) is 11.8. The lowest BCUT2D eigenvalue weighted by Gasteiger charge is -2.08. The Balaban J connectivity index is 2.13. The summed E-state index contributed by atoms with van der Waals surface area (Å²) in [6.07, 6.45) is 2.23. The zero-order valence-electron chi connectivity index (χ0n) is 12.1. The van der Waals surface area contributed by atoms with Gasteiger partial charge >= 0.3 is 5.97 Å². The summed E-state index contributed by atoms with van der Waals surface area (Å²) in [6.45, 7) is 7.82. The van der Waals surface area contributed by atoms with Crippen LogP contribution in [0.5, 0.6) is 0 Å². The van der Waals surface area contributed by atoms with Crippen molar-refractivity contribution in [2.24, 2.45) is 5.92 Å². The third kappa shape index (κ3) is 6.39. The molecule has 0 N–H and O–H groups in total. The Kier molecular flexibility index (Phi) is 7.19. The molecule has 0 unspecified atom stereocenters. The SMILES string of the molecule is Cc1ccccc1C(=O)OCCOCCCC(C)C. The number of esters is 1. The standard InChI is InChI=1S/C16H24O3/c1-13(2)7-6-10-18-11-12-19-16(17)15-9-5-4-8-14(15)3/h4-5,8-9,13H,6-7,10-12H2,1-3H3. The predicted octanol–water partition coefficient (Wildman–Crippen LogP) is 3.60. The van der Waals surface area contributed by atoms with E-state index in [0.29, 0.717) is 24.7 Å². The highest BCUT2D eigenvalue weighted by Gasteiger charge is 2.08. The van der Waals surface area contributed by atoms with Crippen LogP contribution in [0.25, 0.3) is 0 Å². The Morgan fingerprint density at radius 1 is 1.16 bits per heavy atom. The van der Waals surface area contributed by atoms with Crippen molar-refractivity contribution in [2.75, 3.05) is 19.8 Å². The molecule has 19 heavy (non-hydrogen) atoms. The van der Waals surface area contributed by atoms with Gasteiger partial charge in [0.05, 0.1) is 12.2 Å². The fourth-order valence-electron chi connectivity index (χ4n) is 1.77. The number of hydrogen-bond acceptors (Lipinski definition) is 3. The van der Waals surface area contributed by atoms with Gasteiger partial charge < -0.3 is 9.47 Å². The maximum Gasteiger partial charge on any atom is 0.338 e. The molecule has 0 bridgehead atoms. The van der Waals surface area contributed by atoms with Crippen LogP contribution < -0.4 is 0 Å². The number of carbonyl (C=O) groups is 1. The average molecular weight is 264 g/mol. The van der Waals surface area contributed by atoms with Crippen molar-refractivity contribution >= 4 is 5.97 Å². The number of ether oxygens (including phenoxy) is 2. The predicted molar refractivity (Wildman–Crippen MR) is 76.4 cm³/mol. The van der Waals surface area contributed by atoms with E-state index in [1.807, 2.05) is 25.1 Å². The quantitative estimate of drug-likeness (QED) is 0.531. The van der Waals surface area contributed by atoms with Gasteiger partial charge in [-0.15, -0.1) is 0 Å². The first-order valence-corrected chi connectivity index (χ1v) is 6.91. The van der Waals surface area contributed by atoms with Gasteiger partial charge in [-0.05, 0) is 37.3 Å². The molecule has 3 nitrogen and oxygen atoms in total. The van der Waals surface area contributed by atoms with Gasteiger partial charge in [0.25, 0.3) is 0 Å². The van der Waals surface area contributed by atoms with Crippen LogP contribution >= 0.6 is 0 Å². The highest BCUT2D eigenvalue weighted by molar-refractivity contribution is 5.90. The fraction of sp³-hybridized carbons (Fsp3) is 0.562. The summed E-state index contributed by atoms with van der Waals surface area (Å²) in [5.41, 5.74) is 1.56. The monoisotopic (exact) mass is 264 g/mol. The summed E-state index contributed by atoms with van der Waals surface area (Å²) in [5.74, 6) is 0.436. The zero-order valence-corrected chi connectivity index (χ0v) is 12.1. The van der Waals surface area contributed by atoms with Crippen LogP contribution in [0.15, 0.2) is 24.3 Å². The molecule has 0 saturated carbocycles. The first-order chi connectivity index (χ1) is 9.11. The van der Waals surface area contributed by atoms with Crippen molar-refractivity contribution in [3.05, 3.63) is 35.4 Å². The largest absolute Gasteiger partial charge is 0.460 e. The molecule has 0 saturated heterocycles. The van der Waals surface area contributed by atoms with Crippen LogP contribution in [0.3, 0.4) is 0 Å². The Labute approximate surface area is 115 Å². The highest BCUT2D eigenvalue weighted by atomic mass is 16.6. The minimum Gasteiger partial charge on any atom is -0.460 e. The second kappa shape index (κ2) is 8.70. The number of rotatable bonds is 8. The smallest absolute Gasteiger partial charge is 0.338 e. The van der Waals surface area contributed by atoms with Crippen molar-refractivity contribution in [2.45, 2.75) is 33.6 Å². The summed E-state index contributed by atoms with van der Waals surface area (Å²) < 4.78 is 10.6. The van der Waals surface area contributed by atoms with E-state index in [1.54, 1.807) is 6.07 Å². The molecule has 1 aromatic rings. The number of carbonyl (C=O) groups excluding carboxylic acids is 1. The third-order valence-corrected chi connectivity index (χ3v) is 2.90. The topological polar surface area (TPSA) is 35.5 Å². The molecule has 1 rings (SSSR count). The second-order valence-corrected chi connectivity index (χ2v) is 5.10. The van der Waals surface area contributed by atoms with Gasteiger partial charge in [-0.1, -0.05) is 32.0 Å². The van der Waals surface area contributed by atoms with Gasteiger partial charge in [0, 0.05) is 6.61 Å².